The molecule has 1 heterocycles. The van der Waals surface area contributed by atoms with Gasteiger partial charge in [-0.1, -0.05) is 48.0 Å². The summed E-state index contributed by atoms with van der Waals surface area (Å²) in [6.45, 7) is 1.62. The summed E-state index contributed by atoms with van der Waals surface area (Å²) in [5, 5.41) is 4.95. The van der Waals surface area contributed by atoms with Gasteiger partial charge in [0.2, 0.25) is 0 Å². The number of thiazole rings is 1. The monoisotopic (exact) mass is 408 g/mol. The fourth-order valence-electron chi connectivity index (χ4n) is 2.49. The fraction of sp³-hybridized carbons (Fsp3) is 0.136. The molecule has 6 nitrogen and oxygen atoms in total. The maximum atomic E-state index is 12.0. The number of hydrogen-bond acceptors (Lipinski definition) is 6. The second-order valence-electron chi connectivity index (χ2n) is 6.14. The number of aromatic nitrogens is 1. The topological polar surface area (TPSA) is 77.5 Å². The molecular weight excluding hydrogens is 388 g/mol. The van der Waals surface area contributed by atoms with Gasteiger partial charge in [0, 0.05) is 22.6 Å². The van der Waals surface area contributed by atoms with Gasteiger partial charge in [-0.25, -0.2) is 9.78 Å². The maximum Gasteiger partial charge on any atom is 0.331 e. The molecule has 0 saturated carbocycles. The van der Waals surface area contributed by atoms with E-state index >= 15 is 0 Å². The standard InChI is InChI=1S/C22H20N2O4S/c1-15-7-9-16(10-8-15)18-14-29-22(23-18)24-20(25)13-28-21(26)12-11-17-5-3-4-6-19(17)27-2/h3-12,14H,13H2,1-2H3,(H,23,24,25). The molecule has 2 aromatic carbocycles. The highest BCUT2D eigenvalue weighted by Gasteiger charge is 2.10. The number of aryl methyl sites for hydroxylation is 1. The lowest BCUT2D eigenvalue weighted by molar-refractivity contribution is -0.142. The van der Waals surface area contributed by atoms with E-state index in [0.29, 0.717) is 10.9 Å². The zero-order valence-corrected chi connectivity index (χ0v) is 16.9. The van der Waals surface area contributed by atoms with E-state index in [9.17, 15) is 9.59 Å². The first-order chi connectivity index (χ1) is 14.0. The van der Waals surface area contributed by atoms with Gasteiger partial charge in [-0.2, -0.15) is 0 Å². The second-order valence-corrected chi connectivity index (χ2v) is 6.99. The van der Waals surface area contributed by atoms with Crippen LogP contribution in [0.1, 0.15) is 11.1 Å². The Morgan fingerprint density at radius 3 is 2.66 bits per heavy atom. The van der Waals surface area contributed by atoms with Crippen LogP contribution in [0.4, 0.5) is 5.13 Å². The Bertz CT molecular complexity index is 1030. The van der Waals surface area contributed by atoms with Gasteiger partial charge in [-0.3, -0.25) is 10.1 Å². The van der Waals surface area contributed by atoms with Crippen molar-refractivity contribution in [1.82, 2.24) is 4.98 Å². The molecular formula is C22H20N2O4S. The first-order valence-corrected chi connectivity index (χ1v) is 9.73. The molecule has 7 heteroatoms. The van der Waals surface area contributed by atoms with E-state index in [1.54, 1.807) is 19.3 Å². The molecule has 1 N–H and O–H groups in total. The Labute approximate surface area is 172 Å². The number of rotatable bonds is 7. The predicted molar refractivity (Wildman–Crippen MR) is 114 cm³/mol. The quantitative estimate of drug-likeness (QED) is 0.465. The molecule has 148 valence electrons. The van der Waals surface area contributed by atoms with Crippen molar-refractivity contribution in [2.45, 2.75) is 6.92 Å². The third-order valence-electron chi connectivity index (χ3n) is 3.98. The van der Waals surface area contributed by atoms with Crippen LogP contribution < -0.4 is 10.1 Å². The summed E-state index contributed by atoms with van der Waals surface area (Å²) < 4.78 is 10.2. The Balaban J connectivity index is 1.50. The predicted octanol–water partition coefficient (Wildman–Crippen LogP) is 4.32. The normalized spacial score (nSPS) is 10.7. The highest BCUT2D eigenvalue weighted by Crippen LogP contribution is 2.25. The Morgan fingerprint density at radius 1 is 1.14 bits per heavy atom. The molecule has 3 aromatic rings. The summed E-state index contributed by atoms with van der Waals surface area (Å²) in [6, 6.07) is 15.2. The summed E-state index contributed by atoms with van der Waals surface area (Å²) in [4.78, 5) is 28.3. The summed E-state index contributed by atoms with van der Waals surface area (Å²) >= 11 is 1.31. The highest BCUT2D eigenvalue weighted by molar-refractivity contribution is 7.14. The van der Waals surface area contributed by atoms with Crippen LogP contribution in [0.25, 0.3) is 17.3 Å². The Kier molecular flexibility index (Phi) is 6.76. The number of methoxy groups -OCH3 is 1. The van der Waals surface area contributed by atoms with Gasteiger partial charge < -0.3 is 9.47 Å². The first kappa shape index (κ1) is 20.3. The number of nitrogens with one attached hydrogen (secondary N) is 1. The molecule has 0 aliphatic heterocycles. The van der Waals surface area contributed by atoms with Crippen molar-refractivity contribution in [3.8, 4) is 17.0 Å². The number of ether oxygens (including phenoxy) is 2. The number of para-hydroxylation sites is 1. The number of esters is 1. The largest absolute Gasteiger partial charge is 0.496 e. The summed E-state index contributed by atoms with van der Waals surface area (Å²) in [5.41, 5.74) is 3.66. The van der Waals surface area contributed by atoms with E-state index in [4.69, 9.17) is 9.47 Å². The number of carbonyl (C=O) groups excluding carboxylic acids is 2. The zero-order chi connectivity index (χ0) is 20.6. The molecule has 0 saturated heterocycles. The minimum Gasteiger partial charge on any atom is -0.496 e. The van der Waals surface area contributed by atoms with Crippen molar-refractivity contribution >= 4 is 34.4 Å². The van der Waals surface area contributed by atoms with Crippen LogP contribution in [-0.2, 0) is 14.3 Å². The molecule has 29 heavy (non-hydrogen) atoms. The van der Waals surface area contributed by atoms with Gasteiger partial charge in [0.25, 0.3) is 5.91 Å². The molecule has 1 amide bonds. The minimum atomic E-state index is -0.620. The van der Waals surface area contributed by atoms with Crippen LogP contribution in [0, 0.1) is 6.92 Å². The van der Waals surface area contributed by atoms with Crippen molar-refractivity contribution in [1.29, 1.82) is 0 Å². The van der Waals surface area contributed by atoms with Crippen LogP contribution in [0.2, 0.25) is 0 Å². The zero-order valence-electron chi connectivity index (χ0n) is 16.0. The molecule has 3 rings (SSSR count). The van der Waals surface area contributed by atoms with Crippen molar-refractivity contribution in [3.05, 3.63) is 71.1 Å². The highest BCUT2D eigenvalue weighted by atomic mass is 32.1. The van der Waals surface area contributed by atoms with Gasteiger partial charge in [-0.05, 0) is 19.1 Å². The second kappa shape index (κ2) is 9.66. The van der Waals surface area contributed by atoms with E-state index in [0.717, 1.165) is 16.8 Å². The van der Waals surface area contributed by atoms with Crippen LogP contribution >= 0.6 is 11.3 Å². The first-order valence-electron chi connectivity index (χ1n) is 8.85. The van der Waals surface area contributed by atoms with E-state index in [1.165, 1.54) is 23.0 Å². The average molecular weight is 408 g/mol. The van der Waals surface area contributed by atoms with Gasteiger partial charge in [-0.15, -0.1) is 11.3 Å². The summed E-state index contributed by atoms with van der Waals surface area (Å²) in [7, 11) is 1.55. The molecule has 0 atom stereocenters. The number of carbonyl (C=O) groups is 2. The lowest BCUT2D eigenvalue weighted by Gasteiger charge is -2.04. The fourth-order valence-corrected chi connectivity index (χ4v) is 3.23. The van der Waals surface area contributed by atoms with E-state index < -0.39 is 18.5 Å². The minimum absolute atomic E-state index is 0.394. The number of hydrogen-bond donors (Lipinski definition) is 1. The van der Waals surface area contributed by atoms with Crippen molar-refractivity contribution in [2.24, 2.45) is 0 Å². The maximum absolute atomic E-state index is 12.0. The molecule has 0 bridgehead atoms. The van der Waals surface area contributed by atoms with Gasteiger partial charge in [0.05, 0.1) is 12.8 Å². The number of anilines is 1. The average Bonchev–Trinajstić information content (AvgIpc) is 3.19. The lowest BCUT2D eigenvalue weighted by Crippen LogP contribution is -2.20. The van der Waals surface area contributed by atoms with Gasteiger partial charge in [0.1, 0.15) is 5.75 Å². The molecule has 0 aliphatic carbocycles. The molecule has 0 aliphatic rings. The van der Waals surface area contributed by atoms with Crippen molar-refractivity contribution in [3.63, 3.8) is 0 Å². The molecule has 0 fully saturated rings. The summed E-state index contributed by atoms with van der Waals surface area (Å²) in [5.74, 6) is -0.429. The molecule has 0 spiro atoms. The third-order valence-corrected chi connectivity index (χ3v) is 4.74. The number of amides is 1. The molecule has 1 aromatic heterocycles. The van der Waals surface area contributed by atoms with Crippen LogP contribution in [0.3, 0.4) is 0 Å². The SMILES string of the molecule is COc1ccccc1C=CC(=O)OCC(=O)Nc1nc(-c2ccc(C)cc2)cs1. The van der Waals surface area contributed by atoms with Crippen LogP contribution in [-0.4, -0.2) is 30.6 Å². The van der Waals surface area contributed by atoms with E-state index in [2.05, 4.69) is 10.3 Å². The molecule has 0 unspecified atom stereocenters. The van der Waals surface area contributed by atoms with Crippen LogP contribution in [0.5, 0.6) is 5.75 Å². The Hall–Kier alpha value is -3.45. The van der Waals surface area contributed by atoms with Gasteiger partial charge >= 0.3 is 5.97 Å². The smallest absolute Gasteiger partial charge is 0.331 e. The molecule has 0 radical (unpaired) electrons. The van der Waals surface area contributed by atoms with Gasteiger partial charge in [0.15, 0.2) is 11.7 Å². The number of benzene rings is 2. The summed E-state index contributed by atoms with van der Waals surface area (Å²) in [6.07, 6.45) is 2.83. The van der Waals surface area contributed by atoms with E-state index in [-0.39, 0.29) is 0 Å². The van der Waals surface area contributed by atoms with Crippen molar-refractivity contribution in [2.75, 3.05) is 19.0 Å². The van der Waals surface area contributed by atoms with Crippen molar-refractivity contribution < 1.29 is 19.1 Å². The lowest BCUT2D eigenvalue weighted by atomic mass is 10.1. The number of nitrogens with zero attached hydrogens (tertiary/aromatic N) is 1. The van der Waals surface area contributed by atoms with E-state index in [1.807, 2.05) is 54.8 Å². The third kappa shape index (κ3) is 5.76. The Morgan fingerprint density at radius 2 is 1.90 bits per heavy atom. The van der Waals surface area contributed by atoms with Crippen LogP contribution in [0.15, 0.2) is 60.0 Å².